The van der Waals surface area contributed by atoms with Crippen LogP contribution in [0.3, 0.4) is 0 Å². The summed E-state index contributed by atoms with van der Waals surface area (Å²) in [6, 6.07) is 9.54. The maximum atomic E-state index is 12.8. The van der Waals surface area contributed by atoms with Gasteiger partial charge in [0.25, 0.3) is 0 Å². The van der Waals surface area contributed by atoms with E-state index in [1.54, 1.807) is 12.3 Å². The van der Waals surface area contributed by atoms with Gasteiger partial charge in [0, 0.05) is 23.5 Å². The molecule has 8 nitrogen and oxygen atoms in total. The number of aromatic amines is 1. The van der Waals surface area contributed by atoms with Gasteiger partial charge in [-0.25, -0.2) is 13.2 Å². The molecule has 0 saturated carbocycles. The number of hydrogen-bond acceptors (Lipinski definition) is 4. The van der Waals surface area contributed by atoms with Crippen molar-refractivity contribution in [3.05, 3.63) is 65.4 Å². The quantitative estimate of drug-likeness (QED) is 0.478. The van der Waals surface area contributed by atoms with Crippen LogP contribution in [0.4, 0.5) is 0 Å². The Bertz CT molecular complexity index is 1170. The normalized spacial score (nSPS) is 12.8. The van der Waals surface area contributed by atoms with Gasteiger partial charge < -0.3 is 15.2 Å². The average molecular weight is 402 g/mol. The molecule has 3 rings (SSSR count). The predicted molar refractivity (Wildman–Crippen MR) is 102 cm³/mol. The van der Waals surface area contributed by atoms with E-state index in [2.05, 4.69) is 9.71 Å². The minimum Gasteiger partial charge on any atom is -0.480 e. The first-order chi connectivity index (χ1) is 13.2. The Morgan fingerprint density at radius 2 is 1.86 bits per heavy atom. The number of sulfonamides is 1. The molecule has 0 aliphatic carbocycles. The van der Waals surface area contributed by atoms with Crippen molar-refractivity contribution in [2.24, 2.45) is 0 Å². The molecule has 0 saturated heterocycles. The number of aromatic carboxylic acids is 1. The summed E-state index contributed by atoms with van der Waals surface area (Å²) in [6.07, 6.45) is 1.57. The molecule has 0 aliphatic rings. The summed E-state index contributed by atoms with van der Waals surface area (Å²) >= 11 is 0. The number of aromatic nitrogens is 1. The number of benzene rings is 2. The molecule has 1 atom stereocenters. The lowest BCUT2D eigenvalue weighted by molar-refractivity contribution is -0.138. The lowest BCUT2D eigenvalue weighted by atomic mass is 10.1. The van der Waals surface area contributed by atoms with E-state index < -0.39 is 28.0 Å². The zero-order chi connectivity index (χ0) is 20.5. The maximum absolute atomic E-state index is 12.8. The monoisotopic (exact) mass is 402 g/mol. The largest absolute Gasteiger partial charge is 0.480 e. The molecule has 0 amide bonds. The minimum atomic E-state index is -4.25. The molecular formula is C19H18N2O6S. The third-order valence-electron chi connectivity index (χ3n) is 4.42. The number of para-hydroxylation sites is 1. The molecule has 9 heteroatoms. The molecule has 0 radical (unpaired) electrons. The number of aryl methyl sites for hydroxylation is 1. The molecule has 0 bridgehead atoms. The van der Waals surface area contributed by atoms with Crippen LogP contribution in [-0.4, -0.2) is 41.6 Å². The second-order valence-corrected chi connectivity index (χ2v) is 8.04. The molecule has 0 unspecified atom stereocenters. The van der Waals surface area contributed by atoms with E-state index >= 15 is 0 Å². The molecule has 28 heavy (non-hydrogen) atoms. The Hall–Kier alpha value is -3.17. The molecule has 1 heterocycles. The van der Waals surface area contributed by atoms with Crippen LogP contribution in [0.25, 0.3) is 10.9 Å². The molecule has 4 N–H and O–H groups in total. The van der Waals surface area contributed by atoms with Gasteiger partial charge in [0.15, 0.2) is 0 Å². The predicted octanol–water partition coefficient (Wildman–Crippen LogP) is 2.15. The van der Waals surface area contributed by atoms with E-state index in [0.717, 1.165) is 17.0 Å². The van der Waals surface area contributed by atoms with E-state index in [1.807, 2.05) is 18.2 Å². The summed E-state index contributed by atoms with van der Waals surface area (Å²) in [5.41, 5.74) is 1.58. The zero-order valence-electron chi connectivity index (χ0n) is 14.8. The topological polar surface area (TPSA) is 137 Å². The number of carbonyl (C=O) groups is 2. The van der Waals surface area contributed by atoms with E-state index in [1.165, 1.54) is 19.1 Å². The van der Waals surface area contributed by atoms with Crippen LogP contribution in [0, 0.1) is 6.92 Å². The van der Waals surface area contributed by atoms with Crippen molar-refractivity contribution in [2.45, 2.75) is 24.3 Å². The van der Waals surface area contributed by atoms with E-state index in [9.17, 15) is 23.1 Å². The number of H-pyrrole nitrogens is 1. The van der Waals surface area contributed by atoms with Crippen molar-refractivity contribution < 1.29 is 28.2 Å². The van der Waals surface area contributed by atoms with Gasteiger partial charge in [-0.05, 0) is 36.2 Å². The van der Waals surface area contributed by atoms with E-state index in [-0.39, 0.29) is 16.9 Å². The van der Waals surface area contributed by atoms with E-state index in [0.29, 0.717) is 11.1 Å². The fourth-order valence-corrected chi connectivity index (χ4v) is 4.43. The fourth-order valence-electron chi connectivity index (χ4n) is 2.97. The van der Waals surface area contributed by atoms with Crippen LogP contribution in [0.2, 0.25) is 0 Å². The van der Waals surface area contributed by atoms with Crippen LogP contribution in [-0.2, 0) is 21.2 Å². The fraction of sp³-hybridized carbons (Fsp3) is 0.158. The number of fused-ring (bicyclic) bond motifs is 1. The Kier molecular flexibility index (Phi) is 5.21. The van der Waals surface area contributed by atoms with Crippen LogP contribution >= 0.6 is 0 Å². The van der Waals surface area contributed by atoms with Crippen LogP contribution in [0.1, 0.15) is 21.5 Å². The van der Waals surface area contributed by atoms with Gasteiger partial charge in [0.2, 0.25) is 10.0 Å². The lowest BCUT2D eigenvalue weighted by Crippen LogP contribution is -2.42. The number of carboxylic acid groups (broad SMARTS) is 2. The van der Waals surface area contributed by atoms with Gasteiger partial charge in [-0.2, -0.15) is 4.72 Å². The summed E-state index contributed by atoms with van der Waals surface area (Å²) in [4.78, 5) is 25.6. The average Bonchev–Trinajstić information content (AvgIpc) is 3.04. The van der Waals surface area contributed by atoms with Gasteiger partial charge >= 0.3 is 11.9 Å². The number of nitrogens with one attached hydrogen (secondary N) is 2. The first kappa shape index (κ1) is 19.6. The Morgan fingerprint density at radius 1 is 1.14 bits per heavy atom. The second kappa shape index (κ2) is 7.45. The minimum absolute atomic E-state index is 0.0732. The van der Waals surface area contributed by atoms with Crippen molar-refractivity contribution in [1.29, 1.82) is 0 Å². The summed E-state index contributed by atoms with van der Waals surface area (Å²) in [5, 5.41) is 19.4. The molecule has 0 aliphatic heterocycles. The summed E-state index contributed by atoms with van der Waals surface area (Å²) in [6.45, 7) is 1.51. The smallest absolute Gasteiger partial charge is 0.335 e. The highest BCUT2D eigenvalue weighted by Crippen LogP contribution is 2.21. The molecule has 146 valence electrons. The summed E-state index contributed by atoms with van der Waals surface area (Å²) in [5.74, 6) is -2.61. The summed E-state index contributed by atoms with van der Waals surface area (Å²) in [7, 11) is -4.25. The van der Waals surface area contributed by atoms with Crippen molar-refractivity contribution in [3.63, 3.8) is 0 Å². The molecule has 1 aromatic heterocycles. The van der Waals surface area contributed by atoms with Crippen molar-refractivity contribution in [1.82, 2.24) is 9.71 Å². The molecule has 0 spiro atoms. The van der Waals surface area contributed by atoms with Crippen molar-refractivity contribution >= 4 is 32.9 Å². The highest BCUT2D eigenvalue weighted by Gasteiger charge is 2.28. The zero-order valence-corrected chi connectivity index (χ0v) is 15.7. The van der Waals surface area contributed by atoms with Crippen molar-refractivity contribution in [3.8, 4) is 0 Å². The first-order valence-electron chi connectivity index (χ1n) is 8.33. The Labute approximate surface area is 160 Å². The number of aliphatic carboxylic acids is 1. The van der Waals surface area contributed by atoms with Gasteiger partial charge in [0.1, 0.15) is 6.04 Å². The van der Waals surface area contributed by atoms with Crippen molar-refractivity contribution in [2.75, 3.05) is 0 Å². The van der Waals surface area contributed by atoms with E-state index in [4.69, 9.17) is 5.11 Å². The Morgan fingerprint density at radius 3 is 2.54 bits per heavy atom. The Balaban J connectivity index is 1.93. The number of hydrogen-bond donors (Lipinski definition) is 4. The molecule has 0 fully saturated rings. The summed E-state index contributed by atoms with van der Waals surface area (Å²) < 4.78 is 27.7. The standard InChI is InChI=1S/C19H18N2O6S/c1-11-6-7-12(18(22)23)9-17(11)28(26,27)21-16(19(24)25)8-13-10-20-15-5-3-2-4-14(13)15/h2-7,9-10,16,20-21H,8H2,1H3,(H,22,23)(H,24,25)/t16-/m0/s1. The number of rotatable bonds is 7. The maximum Gasteiger partial charge on any atom is 0.335 e. The highest BCUT2D eigenvalue weighted by atomic mass is 32.2. The molecule has 2 aromatic carbocycles. The third-order valence-corrected chi connectivity index (χ3v) is 6.03. The second-order valence-electron chi connectivity index (χ2n) is 6.36. The van der Waals surface area contributed by atoms with Crippen LogP contribution in [0.5, 0.6) is 0 Å². The van der Waals surface area contributed by atoms with Crippen LogP contribution in [0.15, 0.2) is 53.6 Å². The highest BCUT2D eigenvalue weighted by molar-refractivity contribution is 7.89. The van der Waals surface area contributed by atoms with Crippen LogP contribution < -0.4 is 4.72 Å². The lowest BCUT2D eigenvalue weighted by Gasteiger charge is -2.16. The SMILES string of the molecule is Cc1ccc(C(=O)O)cc1S(=O)(=O)N[C@@H](Cc1c[nH]c2ccccc12)C(=O)O. The van der Waals surface area contributed by atoms with Gasteiger partial charge in [-0.1, -0.05) is 24.3 Å². The molecule has 3 aromatic rings. The third kappa shape index (κ3) is 3.90. The van der Waals surface area contributed by atoms with Gasteiger partial charge in [0.05, 0.1) is 10.5 Å². The number of carboxylic acids is 2. The molecular weight excluding hydrogens is 384 g/mol. The first-order valence-corrected chi connectivity index (χ1v) is 9.81. The van der Waals surface area contributed by atoms with Gasteiger partial charge in [-0.3, -0.25) is 4.79 Å². The van der Waals surface area contributed by atoms with Gasteiger partial charge in [-0.15, -0.1) is 0 Å².